The van der Waals surface area contributed by atoms with E-state index < -0.39 is 5.63 Å². The monoisotopic (exact) mass is 338 g/mol. The summed E-state index contributed by atoms with van der Waals surface area (Å²) in [6, 6.07) is 8.42. The molecule has 2 heterocycles. The molecule has 1 fully saturated rings. The number of ether oxygens (including phenoxy) is 1. The fourth-order valence-corrected chi connectivity index (χ4v) is 2.57. The first-order valence-corrected chi connectivity index (χ1v) is 7.30. The molecule has 0 bridgehead atoms. The van der Waals surface area contributed by atoms with Gasteiger partial charge in [-0.25, -0.2) is 4.79 Å². The first-order valence-electron chi connectivity index (χ1n) is 7.30. The van der Waals surface area contributed by atoms with E-state index in [-0.39, 0.29) is 31.0 Å². The number of nitrogens with one attached hydrogen (secondary N) is 1. The van der Waals surface area contributed by atoms with E-state index in [2.05, 4.69) is 5.32 Å². The molecule has 1 aliphatic heterocycles. The molecule has 7 heteroatoms. The van der Waals surface area contributed by atoms with Crippen molar-refractivity contribution in [3.8, 4) is 5.75 Å². The fourth-order valence-electron chi connectivity index (χ4n) is 2.57. The second kappa shape index (κ2) is 7.48. The molecule has 6 nitrogen and oxygen atoms in total. The zero-order valence-corrected chi connectivity index (χ0v) is 13.6. The number of nitrogens with zero attached hydrogens (tertiary/aromatic N) is 1. The van der Waals surface area contributed by atoms with Gasteiger partial charge in [-0.3, -0.25) is 4.79 Å². The van der Waals surface area contributed by atoms with Crippen LogP contribution in [0, 0.1) is 0 Å². The summed E-state index contributed by atoms with van der Waals surface area (Å²) in [6.45, 7) is 4.28. The zero-order valence-electron chi connectivity index (χ0n) is 12.8. The van der Waals surface area contributed by atoms with Crippen molar-refractivity contribution in [1.82, 2.24) is 10.2 Å². The van der Waals surface area contributed by atoms with Crippen LogP contribution in [0.5, 0.6) is 5.75 Å². The number of carbonyl (C=O) groups excluding carboxylic acids is 1. The maximum absolute atomic E-state index is 12.2. The molecule has 0 unspecified atom stereocenters. The summed E-state index contributed by atoms with van der Waals surface area (Å²) in [5, 5.41) is 4.06. The van der Waals surface area contributed by atoms with Gasteiger partial charge < -0.3 is 19.4 Å². The third kappa shape index (κ3) is 4.03. The highest BCUT2D eigenvalue weighted by molar-refractivity contribution is 5.85. The van der Waals surface area contributed by atoms with Gasteiger partial charge in [0.15, 0.2) is 6.61 Å². The first kappa shape index (κ1) is 17.3. The van der Waals surface area contributed by atoms with E-state index in [9.17, 15) is 9.59 Å². The number of fused-ring (bicyclic) bond motifs is 1. The maximum Gasteiger partial charge on any atom is 0.336 e. The predicted molar refractivity (Wildman–Crippen MR) is 89.3 cm³/mol. The van der Waals surface area contributed by atoms with Gasteiger partial charge in [0.1, 0.15) is 11.3 Å². The topological polar surface area (TPSA) is 71.8 Å². The van der Waals surface area contributed by atoms with Gasteiger partial charge in [0.2, 0.25) is 0 Å². The number of hydrogen-bond acceptors (Lipinski definition) is 5. The van der Waals surface area contributed by atoms with E-state index in [1.54, 1.807) is 24.3 Å². The molecule has 1 amide bonds. The van der Waals surface area contributed by atoms with Crippen LogP contribution in [0.2, 0.25) is 0 Å². The molecule has 124 valence electrons. The Morgan fingerprint density at radius 2 is 2.17 bits per heavy atom. The van der Waals surface area contributed by atoms with E-state index in [0.717, 1.165) is 18.5 Å². The quantitative estimate of drug-likeness (QED) is 0.857. The highest BCUT2D eigenvalue weighted by atomic mass is 35.5. The van der Waals surface area contributed by atoms with Crippen LogP contribution in [-0.2, 0) is 4.79 Å². The lowest BCUT2D eigenvalue weighted by Gasteiger charge is -2.33. The summed E-state index contributed by atoms with van der Waals surface area (Å²) in [4.78, 5) is 25.2. The van der Waals surface area contributed by atoms with Crippen LogP contribution >= 0.6 is 12.4 Å². The number of benzene rings is 1. The van der Waals surface area contributed by atoms with Crippen LogP contribution in [0.4, 0.5) is 0 Å². The van der Waals surface area contributed by atoms with Crippen molar-refractivity contribution in [2.45, 2.75) is 13.0 Å². The molecule has 0 spiro atoms. The third-order valence-electron chi connectivity index (χ3n) is 3.78. The summed E-state index contributed by atoms with van der Waals surface area (Å²) in [5.74, 6) is 0.474. The largest absolute Gasteiger partial charge is 0.484 e. The molecule has 1 aromatic heterocycles. The van der Waals surface area contributed by atoms with Crippen LogP contribution < -0.4 is 15.7 Å². The minimum atomic E-state index is -0.407. The highest BCUT2D eigenvalue weighted by Crippen LogP contribution is 2.19. The minimum Gasteiger partial charge on any atom is -0.484 e. The standard InChI is InChI=1S/C16H18N2O4.ClH/c1-11-9-17-6-7-18(11)15(19)10-21-13-4-2-12-3-5-16(20)22-14(12)8-13;/h2-5,8,11,17H,6-7,9-10H2,1H3;1H/t11-;/m0./s1. The van der Waals surface area contributed by atoms with Crippen molar-refractivity contribution < 1.29 is 13.9 Å². The smallest absolute Gasteiger partial charge is 0.336 e. The second-order valence-electron chi connectivity index (χ2n) is 5.38. The van der Waals surface area contributed by atoms with Crippen LogP contribution in [0.15, 0.2) is 39.5 Å². The molecule has 23 heavy (non-hydrogen) atoms. The van der Waals surface area contributed by atoms with Gasteiger partial charge in [0.25, 0.3) is 5.91 Å². The molecule has 1 N–H and O–H groups in total. The van der Waals surface area contributed by atoms with Crippen molar-refractivity contribution >= 4 is 29.3 Å². The zero-order chi connectivity index (χ0) is 15.5. The molecule has 0 saturated carbocycles. The van der Waals surface area contributed by atoms with Gasteiger partial charge in [-0.2, -0.15) is 0 Å². The fraction of sp³-hybridized carbons (Fsp3) is 0.375. The number of amides is 1. The van der Waals surface area contributed by atoms with Crippen molar-refractivity contribution in [1.29, 1.82) is 0 Å². The Labute approximate surface area is 139 Å². The lowest BCUT2D eigenvalue weighted by Crippen LogP contribution is -2.53. The normalized spacial score (nSPS) is 17.6. The van der Waals surface area contributed by atoms with Crippen molar-refractivity contribution in [3.63, 3.8) is 0 Å². The molecule has 1 aliphatic rings. The van der Waals surface area contributed by atoms with E-state index in [1.807, 2.05) is 11.8 Å². The lowest BCUT2D eigenvalue weighted by atomic mass is 10.2. The van der Waals surface area contributed by atoms with Crippen LogP contribution in [0.3, 0.4) is 0 Å². The van der Waals surface area contributed by atoms with Crippen LogP contribution in [0.25, 0.3) is 11.0 Å². The van der Waals surface area contributed by atoms with Crippen molar-refractivity contribution in [2.75, 3.05) is 26.2 Å². The van der Waals surface area contributed by atoms with Crippen molar-refractivity contribution in [3.05, 3.63) is 40.8 Å². The molecule has 0 radical (unpaired) electrons. The Balaban J connectivity index is 0.00000192. The van der Waals surface area contributed by atoms with E-state index in [4.69, 9.17) is 9.15 Å². The Morgan fingerprint density at radius 1 is 1.39 bits per heavy atom. The number of rotatable bonds is 3. The summed E-state index contributed by atoms with van der Waals surface area (Å²) < 4.78 is 10.6. The number of piperazine rings is 1. The lowest BCUT2D eigenvalue weighted by molar-refractivity contribution is -0.136. The summed E-state index contributed by atoms with van der Waals surface area (Å²) in [5.41, 5.74) is 0.0448. The molecule has 1 aromatic carbocycles. The SMILES string of the molecule is C[C@H]1CNCCN1C(=O)COc1ccc2ccc(=O)oc2c1.Cl. The second-order valence-corrected chi connectivity index (χ2v) is 5.38. The highest BCUT2D eigenvalue weighted by Gasteiger charge is 2.23. The molecule has 3 rings (SSSR count). The Bertz CT molecular complexity index is 746. The van der Waals surface area contributed by atoms with E-state index in [1.165, 1.54) is 6.07 Å². The molecule has 2 aromatic rings. The average molecular weight is 339 g/mol. The summed E-state index contributed by atoms with van der Waals surface area (Å²) in [6.07, 6.45) is 0. The van der Waals surface area contributed by atoms with Gasteiger partial charge in [0.05, 0.1) is 0 Å². The molecule has 0 aliphatic carbocycles. The number of hydrogen-bond donors (Lipinski definition) is 1. The third-order valence-corrected chi connectivity index (χ3v) is 3.78. The Hall–Kier alpha value is -2.05. The van der Waals surface area contributed by atoms with Crippen molar-refractivity contribution in [2.24, 2.45) is 0 Å². The van der Waals surface area contributed by atoms with Gasteiger partial charge in [-0.05, 0) is 25.1 Å². The van der Waals surface area contributed by atoms with E-state index >= 15 is 0 Å². The molecular weight excluding hydrogens is 320 g/mol. The maximum atomic E-state index is 12.2. The Morgan fingerprint density at radius 3 is 2.96 bits per heavy atom. The molecular formula is C16H19ClN2O4. The molecule has 1 atom stereocenters. The van der Waals surface area contributed by atoms with Gasteiger partial charge in [0, 0.05) is 43.2 Å². The van der Waals surface area contributed by atoms with Gasteiger partial charge in [-0.1, -0.05) is 0 Å². The number of carbonyl (C=O) groups is 1. The number of halogens is 1. The first-order chi connectivity index (χ1) is 10.6. The predicted octanol–water partition coefficient (Wildman–Crippen LogP) is 1.41. The van der Waals surface area contributed by atoms with E-state index in [0.29, 0.717) is 17.9 Å². The van der Waals surface area contributed by atoms with Crippen LogP contribution in [-0.4, -0.2) is 43.1 Å². The molecule has 1 saturated heterocycles. The summed E-state index contributed by atoms with van der Waals surface area (Å²) in [7, 11) is 0. The van der Waals surface area contributed by atoms with Gasteiger partial charge >= 0.3 is 5.63 Å². The minimum absolute atomic E-state index is 0. The van der Waals surface area contributed by atoms with Crippen LogP contribution in [0.1, 0.15) is 6.92 Å². The average Bonchev–Trinajstić information content (AvgIpc) is 2.52. The summed E-state index contributed by atoms with van der Waals surface area (Å²) >= 11 is 0. The van der Waals surface area contributed by atoms with Gasteiger partial charge in [-0.15, -0.1) is 12.4 Å². The Kier molecular flexibility index (Phi) is 5.63.